The fourth-order valence-corrected chi connectivity index (χ4v) is 8.64. The quantitative estimate of drug-likeness (QED) is 0.193. The molecule has 10 aromatic rings. The second-order valence-electron chi connectivity index (χ2n) is 12.3. The van der Waals surface area contributed by atoms with Gasteiger partial charge in [0.2, 0.25) is 0 Å². The third kappa shape index (κ3) is 3.99. The van der Waals surface area contributed by atoms with Crippen molar-refractivity contribution >= 4 is 75.3 Å². The second kappa shape index (κ2) is 10.4. The van der Waals surface area contributed by atoms with E-state index in [9.17, 15) is 10.5 Å². The van der Waals surface area contributed by atoms with Gasteiger partial charge < -0.3 is 9.13 Å². The van der Waals surface area contributed by atoms with Gasteiger partial charge in [-0.05, 0) is 96.1 Å². The molecule has 5 nitrogen and oxygen atoms in total. The maximum Gasteiger partial charge on any atom is 0.0992 e. The van der Waals surface area contributed by atoms with E-state index >= 15 is 0 Å². The highest BCUT2D eigenvalue weighted by Gasteiger charge is 2.19. The monoisotopic (exact) mass is 641 g/mol. The molecule has 6 heteroatoms. The summed E-state index contributed by atoms with van der Waals surface area (Å²) in [5.41, 5.74) is 10.2. The van der Waals surface area contributed by atoms with Gasteiger partial charge in [-0.1, -0.05) is 48.5 Å². The summed E-state index contributed by atoms with van der Waals surface area (Å²) in [5, 5.41) is 25.5. The molecular formula is C43H23N5S. The van der Waals surface area contributed by atoms with Crippen molar-refractivity contribution in [3.05, 3.63) is 151 Å². The van der Waals surface area contributed by atoms with Gasteiger partial charge in [-0.3, -0.25) is 4.98 Å². The van der Waals surface area contributed by atoms with Crippen molar-refractivity contribution in [2.24, 2.45) is 0 Å². The van der Waals surface area contributed by atoms with Gasteiger partial charge in [0.05, 0.1) is 50.8 Å². The van der Waals surface area contributed by atoms with E-state index in [0.717, 1.165) is 66.2 Å². The first kappa shape index (κ1) is 27.4. The van der Waals surface area contributed by atoms with Crippen LogP contribution in [0.1, 0.15) is 11.1 Å². The summed E-state index contributed by atoms with van der Waals surface area (Å²) in [5.74, 6) is 0. The van der Waals surface area contributed by atoms with Gasteiger partial charge in [0.25, 0.3) is 0 Å². The summed E-state index contributed by atoms with van der Waals surface area (Å²) in [6, 6.07) is 50.5. The molecule has 49 heavy (non-hydrogen) atoms. The Balaban J connectivity index is 1.20. The van der Waals surface area contributed by atoms with Crippen LogP contribution in [0.3, 0.4) is 0 Å². The maximum atomic E-state index is 10.2. The van der Waals surface area contributed by atoms with E-state index in [1.165, 1.54) is 20.2 Å². The summed E-state index contributed by atoms with van der Waals surface area (Å²) in [7, 11) is 0. The number of pyridine rings is 1. The van der Waals surface area contributed by atoms with E-state index in [-0.39, 0.29) is 0 Å². The first-order valence-corrected chi connectivity index (χ1v) is 16.8. The van der Waals surface area contributed by atoms with Gasteiger partial charge in [-0.25, -0.2) is 0 Å². The smallest absolute Gasteiger partial charge is 0.0992 e. The average Bonchev–Trinajstić information content (AvgIpc) is 3.82. The number of fused-ring (bicyclic) bond motifs is 10. The summed E-state index contributed by atoms with van der Waals surface area (Å²) in [6.45, 7) is 0. The van der Waals surface area contributed by atoms with Crippen LogP contribution in [-0.2, 0) is 0 Å². The number of nitriles is 2. The van der Waals surface area contributed by atoms with Gasteiger partial charge in [-0.2, -0.15) is 10.5 Å². The fraction of sp³-hybridized carbons (Fsp3) is 0. The van der Waals surface area contributed by atoms with E-state index in [4.69, 9.17) is 4.98 Å². The lowest BCUT2D eigenvalue weighted by molar-refractivity contribution is 1.17. The zero-order chi connectivity index (χ0) is 32.6. The van der Waals surface area contributed by atoms with Gasteiger partial charge in [0.1, 0.15) is 0 Å². The number of hydrogen-bond donors (Lipinski definition) is 0. The molecular weight excluding hydrogens is 619 g/mol. The van der Waals surface area contributed by atoms with Crippen molar-refractivity contribution < 1.29 is 0 Å². The first-order valence-electron chi connectivity index (χ1n) is 16.0. The van der Waals surface area contributed by atoms with Crippen molar-refractivity contribution in [1.82, 2.24) is 14.1 Å². The molecule has 6 aromatic carbocycles. The summed E-state index contributed by atoms with van der Waals surface area (Å²) in [4.78, 5) is 4.92. The van der Waals surface area contributed by atoms with Crippen molar-refractivity contribution in [1.29, 1.82) is 10.5 Å². The average molecular weight is 642 g/mol. The van der Waals surface area contributed by atoms with E-state index in [1.807, 2.05) is 66.1 Å². The van der Waals surface area contributed by atoms with E-state index in [2.05, 4.69) is 106 Å². The zero-order valence-corrected chi connectivity index (χ0v) is 26.7. The molecule has 10 rings (SSSR count). The highest BCUT2D eigenvalue weighted by molar-refractivity contribution is 7.26. The second-order valence-corrected chi connectivity index (χ2v) is 13.3. The Kier molecular flexibility index (Phi) is 5.81. The number of thiophene rings is 1. The van der Waals surface area contributed by atoms with Gasteiger partial charge in [0.15, 0.2) is 0 Å². The molecule has 4 aromatic heterocycles. The number of hydrogen-bond acceptors (Lipinski definition) is 4. The highest BCUT2D eigenvalue weighted by atomic mass is 32.1. The van der Waals surface area contributed by atoms with Crippen LogP contribution >= 0.6 is 11.3 Å². The van der Waals surface area contributed by atoms with Crippen LogP contribution < -0.4 is 0 Å². The summed E-state index contributed by atoms with van der Waals surface area (Å²) in [6.07, 6.45) is 1.88. The zero-order valence-electron chi connectivity index (χ0n) is 25.9. The molecule has 0 N–H and O–H groups in total. The summed E-state index contributed by atoms with van der Waals surface area (Å²) < 4.78 is 7.02. The first-order chi connectivity index (χ1) is 24.2. The Morgan fingerprint density at radius 1 is 0.490 bits per heavy atom. The van der Waals surface area contributed by atoms with Gasteiger partial charge in [-0.15, -0.1) is 11.3 Å². The fourth-order valence-electron chi connectivity index (χ4n) is 7.53. The molecule has 0 fully saturated rings. The lowest BCUT2D eigenvalue weighted by atomic mass is 10.0. The van der Waals surface area contributed by atoms with Crippen molar-refractivity contribution in [3.63, 3.8) is 0 Å². The van der Waals surface area contributed by atoms with Crippen molar-refractivity contribution in [2.45, 2.75) is 0 Å². The summed E-state index contributed by atoms with van der Waals surface area (Å²) >= 11 is 1.82. The molecule has 0 unspecified atom stereocenters. The Labute approximate surface area is 284 Å². The normalized spacial score (nSPS) is 11.6. The van der Waals surface area contributed by atoms with Gasteiger partial charge in [0, 0.05) is 53.9 Å². The number of nitrogens with zero attached hydrogens (tertiary/aromatic N) is 5. The number of para-hydroxylation sites is 1. The standard InChI is InChI=1S/C43H23N5S/c44-24-26-14-15-36-34(21-26)32-9-1-3-11-35(32)48(36)31-20-27(25-45)19-29(23-31)28-7-5-8-30(22-28)47-37-16-17-40-41(33-10-2-4-13-39(33)49-40)42(37)43-38(47)12-6-18-46-43/h1-23H. The Morgan fingerprint density at radius 2 is 1.24 bits per heavy atom. The largest absolute Gasteiger partial charge is 0.309 e. The number of benzene rings is 6. The number of rotatable bonds is 3. The lowest BCUT2D eigenvalue weighted by Gasteiger charge is -2.13. The molecule has 0 saturated heterocycles. The van der Waals surface area contributed by atoms with E-state index < -0.39 is 0 Å². The molecule has 0 aliphatic carbocycles. The molecule has 0 radical (unpaired) electrons. The SMILES string of the molecule is N#Cc1cc(-c2cccc(-n3c4cccnc4c4c5c(ccc43)sc3ccccc35)c2)cc(-n2c3ccccc3c3cc(C#N)ccc32)c1. The molecule has 0 saturated carbocycles. The third-order valence-electron chi connectivity index (χ3n) is 9.57. The third-order valence-corrected chi connectivity index (χ3v) is 10.7. The topological polar surface area (TPSA) is 70.3 Å². The lowest BCUT2D eigenvalue weighted by Crippen LogP contribution is -1.97. The molecule has 0 spiro atoms. The van der Waals surface area contributed by atoms with Crippen LogP contribution in [-0.4, -0.2) is 14.1 Å². The molecule has 0 amide bonds. The molecule has 0 aliphatic heterocycles. The van der Waals surface area contributed by atoms with Crippen LogP contribution in [0.4, 0.5) is 0 Å². The Hall–Kier alpha value is -6.73. The van der Waals surface area contributed by atoms with Crippen LogP contribution in [0, 0.1) is 22.7 Å². The van der Waals surface area contributed by atoms with Crippen LogP contribution in [0.15, 0.2) is 140 Å². The minimum atomic E-state index is 0.574. The van der Waals surface area contributed by atoms with E-state index in [1.54, 1.807) is 0 Å². The molecule has 0 bridgehead atoms. The van der Waals surface area contributed by atoms with Crippen LogP contribution in [0.25, 0.3) is 86.4 Å². The van der Waals surface area contributed by atoms with Crippen LogP contribution in [0.2, 0.25) is 0 Å². The molecule has 226 valence electrons. The van der Waals surface area contributed by atoms with E-state index in [0.29, 0.717) is 11.1 Å². The Morgan fingerprint density at radius 3 is 2.14 bits per heavy atom. The maximum absolute atomic E-state index is 10.2. The number of aromatic nitrogens is 3. The van der Waals surface area contributed by atoms with Gasteiger partial charge >= 0.3 is 0 Å². The van der Waals surface area contributed by atoms with Crippen LogP contribution in [0.5, 0.6) is 0 Å². The predicted molar refractivity (Wildman–Crippen MR) is 201 cm³/mol. The molecule has 0 atom stereocenters. The predicted octanol–water partition coefficient (Wildman–Crippen LogP) is 11.1. The molecule has 0 aliphatic rings. The minimum Gasteiger partial charge on any atom is -0.309 e. The Bertz CT molecular complexity index is 3090. The molecule has 4 heterocycles. The minimum absolute atomic E-state index is 0.574. The van der Waals surface area contributed by atoms with Crippen molar-refractivity contribution in [3.8, 4) is 34.6 Å². The van der Waals surface area contributed by atoms with Crippen molar-refractivity contribution in [2.75, 3.05) is 0 Å². The highest BCUT2D eigenvalue weighted by Crippen LogP contribution is 2.43.